The molecular weight excluding hydrogens is 595 g/mol. The Kier molecular flexibility index (Phi) is 8.32. The van der Waals surface area contributed by atoms with E-state index in [0.29, 0.717) is 45.3 Å². The summed E-state index contributed by atoms with van der Waals surface area (Å²) in [6.07, 6.45) is 5.33. The maximum atomic E-state index is 15.4. The second-order valence-corrected chi connectivity index (χ2v) is 11.8. The number of rotatable bonds is 9. The number of halogens is 1. The molecule has 1 aliphatic heterocycles. The molecule has 1 saturated heterocycles. The van der Waals surface area contributed by atoms with Crippen molar-refractivity contribution in [2.75, 3.05) is 20.2 Å². The minimum atomic E-state index is -0.389. The number of aryl methyl sites for hydroxylation is 1. The van der Waals surface area contributed by atoms with Gasteiger partial charge >= 0.3 is 0 Å². The molecule has 0 bridgehead atoms. The first-order valence-corrected chi connectivity index (χ1v) is 15.6. The number of nitrogens with zero attached hydrogens (tertiary/aromatic N) is 7. The van der Waals surface area contributed by atoms with Gasteiger partial charge < -0.3 is 9.84 Å². The average molecular weight is 631 g/mol. The van der Waals surface area contributed by atoms with E-state index in [9.17, 15) is 5.11 Å². The largest absolute Gasteiger partial charge is 0.480 e. The Labute approximate surface area is 271 Å². The van der Waals surface area contributed by atoms with E-state index in [0.717, 1.165) is 55.3 Å². The fourth-order valence-electron chi connectivity index (χ4n) is 6.33. The number of fused-ring (bicyclic) bond motifs is 1. The first kappa shape index (κ1) is 30.4. The summed E-state index contributed by atoms with van der Waals surface area (Å²) < 4.78 is 22.3. The van der Waals surface area contributed by atoms with Gasteiger partial charge in [0.2, 0.25) is 5.88 Å². The van der Waals surface area contributed by atoms with E-state index in [1.54, 1.807) is 18.3 Å². The predicted molar refractivity (Wildman–Crippen MR) is 178 cm³/mol. The lowest BCUT2D eigenvalue weighted by Gasteiger charge is -2.31. The second kappa shape index (κ2) is 12.9. The molecule has 11 heteroatoms. The van der Waals surface area contributed by atoms with E-state index in [1.165, 1.54) is 23.3 Å². The van der Waals surface area contributed by atoms with Gasteiger partial charge in [0.25, 0.3) is 0 Å². The van der Waals surface area contributed by atoms with Crippen molar-refractivity contribution in [2.24, 2.45) is 0 Å². The van der Waals surface area contributed by atoms with Gasteiger partial charge in [-0.2, -0.15) is 5.10 Å². The van der Waals surface area contributed by atoms with Crippen LogP contribution in [-0.2, 0) is 13.2 Å². The van der Waals surface area contributed by atoms with Crippen LogP contribution in [-0.4, -0.2) is 65.0 Å². The van der Waals surface area contributed by atoms with Gasteiger partial charge in [-0.15, -0.1) is 5.10 Å². The minimum absolute atomic E-state index is 0.270. The van der Waals surface area contributed by atoms with Crippen molar-refractivity contribution in [1.29, 1.82) is 0 Å². The number of pyridine rings is 1. The number of aliphatic hydroxyl groups excluding tert-OH is 1. The van der Waals surface area contributed by atoms with Crippen molar-refractivity contribution in [3.8, 4) is 39.8 Å². The fraction of sp³-hybridized carbons (Fsp3) is 0.250. The van der Waals surface area contributed by atoms with Gasteiger partial charge in [-0.1, -0.05) is 55.1 Å². The Balaban J connectivity index is 1.11. The number of hydrogen-bond donors (Lipinski definition) is 2. The maximum absolute atomic E-state index is 15.4. The SMILES string of the molecule is C=Cc1cccc(F)c1-c1cn2nc(OC)c(CO)c2nc1-c1ccc(CN2CCC(c3nc(-c4cccc(C)n4)n[nH]3)CC2)cc1. The van der Waals surface area contributed by atoms with E-state index in [2.05, 4.69) is 43.9 Å². The van der Waals surface area contributed by atoms with Crippen LogP contribution in [0.1, 0.15) is 47.0 Å². The van der Waals surface area contributed by atoms with Crippen LogP contribution in [0.3, 0.4) is 0 Å². The Bertz CT molecular complexity index is 2060. The lowest BCUT2D eigenvalue weighted by atomic mass is 9.94. The molecule has 0 radical (unpaired) electrons. The lowest BCUT2D eigenvalue weighted by Crippen LogP contribution is -2.32. The number of aliphatic hydroxyl groups is 1. The summed E-state index contributed by atoms with van der Waals surface area (Å²) in [7, 11) is 1.49. The Hall–Kier alpha value is -5.26. The van der Waals surface area contributed by atoms with Crippen LogP contribution in [0.2, 0.25) is 0 Å². The molecule has 1 fully saturated rings. The molecule has 0 spiro atoms. The molecule has 0 amide bonds. The number of aromatic nitrogens is 7. The zero-order valence-corrected chi connectivity index (χ0v) is 26.3. The predicted octanol–water partition coefficient (Wildman–Crippen LogP) is 6.21. The summed E-state index contributed by atoms with van der Waals surface area (Å²) in [5.74, 6) is 1.76. The first-order chi connectivity index (χ1) is 22.9. The average Bonchev–Trinajstić information content (AvgIpc) is 3.73. The number of piperidine rings is 1. The molecule has 0 saturated carbocycles. The number of hydrogen-bond acceptors (Lipinski definition) is 8. The third kappa shape index (κ3) is 5.91. The Morgan fingerprint density at radius 1 is 1.04 bits per heavy atom. The molecule has 2 N–H and O–H groups in total. The standard InChI is InChI=1S/C36H35FN8O2/c1-4-24-8-6-9-29(37)31(24)27-20-45-35(28(21-46)36(43-45)47-3)39-32(27)25-13-11-23(12-14-25)19-44-17-15-26(16-18-44)33-40-34(42-41-33)30-10-5-7-22(2)38-30/h4-14,20,26,46H,1,15-19,21H2,2-3H3,(H,40,41,42). The summed E-state index contributed by atoms with van der Waals surface area (Å²) in [6.45, 7) is 8.25. The van der Waals surface area contributed by atoms with Crippen molar-refractivity contribution in [3.63, 3.8) is 0 Å². The molecule has 0 atom stereocenters. The van der Waals surface area contributed by atoms with E-state index in [4.69, 9.17) is 14.7 Å². The van der Waals surface area contributed by atoms with Crippen molar-refractivity contribution in [1.82, 2.24) is 39.7 Å². The minimum Gasteiger partial charge on any atom is -0.480 e. The molecule has 1 aliphatic rings. The molecule has 7 rings (SSSR count). The van der Waals surface area contributed by atoms with Gasteiger partial charge in [0.05, 0.1) is 25.0 Å². The highest BCUT2D eigenvalue weighted by Crippen LogP contribution is 2.37. The van der Waals surface area contributed by atoms with Gasteiger partial charge in [-0.3, -0.25) is 10.00 Å². The number of benzene rings is 2. The molecule has 6 aromatic rings. The molecular formula is C36H35FN8O2. The van der Waals surface area contributed by atoms with Crippen molar-refractivity contribution < 1.29 is 14.2 Å². The highest BCUT2D eigenvalue weighted by Gasteiger charge is 2.25. The summed E-state index contributed by atoms with van der Waals surface area (Å²) in [5.41, 5.74) is 6.77. The topological polar surface area (TPSA) is 117 Å². The van der Waals surface area contributed by atoms with Crippen LogP contribution in [0.5, 0.6) is 5.88 Å². The van der Waals surface area contributed by atoms with Crippen molar-refractivity contribution in [3.05, 3.63) is 107 Å². The second-order valence-electron chi connectivity index (χ2n) is 11.8. The van der Waals surface area contributed by atoms with Crippen LogP contribution >= 0.6 is 0 Å². The number of ether oxygens (including phenoxy) is 1. The summed E-state index contributed by atoms with van der Waals surface area (Å²) in [6, 6.07) is 19.0. The van der Waals surface area contributed by atoms with Crippen LogP contribution in [0.25, 0.3) is 45.6 Å². The van der Waals surface area contributed by atoms with Gasteiger partial charge in [0.15, 0.2) is 11.5 Å². The molecule has 2 aromatic carbocycles. The molecule has 0 aliphatic carbocycles. The molecule has 5 heterocycles. The molecule has 238 valence electrons. The highest BCUT2D eigenvalue weighted by atomic mass is 19.1. The molecule has 0 unspecified atom stereocenters. The Morgan fingerprint density at radius 3 is 2.55 bits per heavy atom. The smallest absolute Gasteiger partial charge is 0.240 e. The monoisotopic (exact) mass is 630 g/mol. The Morgan fingerprint density at radius 2 is 1.83 bits per heavy atom. The van der Waals surface area contributed by atoms with Gasteiger partial charge in [0.1, 0.15) is 17.3 Å². The first-order valence-electron chi connectivity index (χ1n) is 15.6. The van der Waals surface area contributed by atoms with Gasteiger partial charge in [0, 0.05) is 41.0 Å². The zero-order chi connectivity index (χ0) is 32.5. The van der Waals surface area contributed by atoms with Crippen LogP contribution in [0.15, 0.2) is 73.4 Å². The van der Waals surface area contributed by atoms with Crippen molar-refractivity contribution >= 4 is 11.7 Å². The third-order valence-corrected chi connectivity index (χ3v) is 8.78. The van der Waals surface area contributed by atoms with E-state index >= 15 is 4.39 Å². The highest BCUT2D eigenvalue weighted by molar-refractivity contribution is 5.86. The van der Waals surface area contributed by atoms with E-state index in [-0.39, 0.29) is 18.3 Å². The summed E-state index contributed by atoms with van der Waals surface area (Å²) >= 11 is 0. The van der Waals surface area contributed by atoms with E-state index in [1.807, 2.05) is 43.3 Å². The van der Waals surface area contributed by atoms with Gasteiger partial charge in [-0.05, 0) is 62.2 Å². The molecule has 47 heavy (non-hydrogen) atoms. The van der Waals surface area contributed by atoms with Crippen LogP contribution in [0, 0.1) is 12.7 Å². The number of nitrogens with one attached hydrogen (secondary N) is 1. The molecule has 4 aromatic heterocycles. The fourth-order valence-corrected chi connectivity index (χ4v) is 6.33. The summed E-state index contributed by atoms with van der Waals surface area (Å²) in [5, 5.41) is 22.1. The summed E-state index contributed by atoms with van der Waals surface area (Å²) in [4.78, 5) is 16.7. The normalized spacial score (nSPS) is 14.1. The number of likely N-dealkylation sites (tertiary alicyclic amines) is 1. The number of aromatic amines is 1. The zero-order valence-electron chi connectivity index (χ0n) is 26.3. The van der Waals surface area contributed by atoms with Crippen LogP contribution < -0.4 is 4.74 Å². The number of H-pyrrole nitrogens is 1. The van der Waals surface area contributed by atoms with Gasteiger partial charge in [-0.25, -0.2) is 23.9 Å². The van der Waals surface area contributed by atoms with Crippen LogP contribution in [0.4, 0.5) is 4.39 Å². The number of methoxy groups -OCH3 is 1. The quantitative estimate of drug-likeness (QED) is 0.194. The third-order valence-electron chi connectivity index (χ3n) is 8.78. The maximum Gasteiger partial charge on any atom is 0.240 e. The van der Waals surface area contributed by atoms with E-state index < -0.39 is 0 Å². The van der Waals surface area contributed by atoms with Crippen molar-refractivity contribution in [2.45, 2.75) is 38.8 Å². The molecule has 10 nitrogen and oxygen atoms in total. The lowest BCUT2D eigenvalue weighted by molar-refractivity contribution is 0.202.